The molecular weight excluding hydrogens is 461 g/mol. The largest absolute Gasteiger partial charge is 0.486 e. The van der Waals surface area contributed by atoms with Gasteiger partial charge in [-0.05, 0) is 34.0 Å². The number of nitrogens with zero attached hydrogens (tertiary/aromatic N) is 7. The number of hydrogen-bond donors (Lipinski definition) is 1. The Labute approximate surface area is 199 Å². The van der Waals surface area contributed by atoms with Gasteiger partial charge in [-0.2, -0.15) is 0 Å². The van der Waals surface area contributed by atoms with Gasteiger partial charge >= 0.3 is 5.82 Å². The Balaban J connectivity index is 1.29. The van der Waals surface area contributed by atoms with E-state index in [0.717, 1.165) is 4.80 Å². The van der Waals surface area contributed by atoms with Gasteiger partial charge in [0, 0.05) is 38.8 Å². The molecule has 1 saturated heterocycles. The monoisotopic (exact) mass is 485 g/mol. The van der Waals surface area contributed by atoms with Crippen molar-refractivity contribution in [2.75, 3.05) is 57.4 Å². The lowest BCUT2D eigenvalue weighted by Gasteiger charge is -2.35. The molecule has 0 unspecified atom stereocenters. The van der Waals surface area contributed by atoms with Crippen LogP contribution in [0.25, 0.3) is 5.69 Å². The SMILES string of the molecule is O=[N+]([O-])c1nn(-c2ccc3c(c2)OCCO3)n(O)c1=NCCN1CCN(c2ccccc2F)CC1. The van der Waals surface area contributed by atoms with Crippen LogP contribution < -0.4 is 19.9 Å². The number of ether oxygens (including phenoxy) is 2. The molecule has 2 aromatic carbocycles. The van der Waals surface area contributed by atoms with Crippen molar-refractivity contribution in [2.24, 2.45) is 4.99 Å². The van der Waals surface area contributed by atoms with Gasteiger partial charge in [0.25, 0.3) is 5.49 Å². The van der Waals surface area contributed by atoms with Gasteiger partial charge in [-0.25, -0.2) is 4.39 Å². The Bertz CT molecular complexity index is 1300. The summed E-state index contributed by atoms with van der Waals surface area (Å²) in [4.78, 5) is 20.8. The normalized spacial score (nSPS) is 16.5. The van der Waals surface area contributed by atoms with E-state index in [9.17, 15) is 19.7 Å². The molecule has 3 aromatic rings. The van der Waals surface area contributed by atoms with Crippen molar-refractivity contribution in [3.05, 3.63) is 63.9 Å². The Hall–Kier alpha value is -4.13. The summed E-state index contributed by atoms with van der Waals surface area (Å²) in [5, 5.41) is 26.1. The molecule has 184 valence electrons. The van der Waals surface area contributed by atoms with Crippen LogP contribution in [-0.2, 0) is 0 Å². The number of aromatic nitrogens is 3. The molecule has 1 N–H and O–H groups in total. The van der Waals surface area contributed by atoms with E-state index in [2.05, 4.69) is 15.0 Å². The first-order valence-corrected chi connectivity index (χ1v) is 11.2. The molecule has 12 nitrogen and oxygen atoms in total. The first kappa shape index (κ1) is 22.7. The van der Waals surface area contributed by atoms with E-state index in [1.807, 2.05) is 11.0 Å². The van der Waals surface area contributed by atoms with Crippen LogP contribution in [0.3, 0.4) is 0 Å². The first-order chi connectivity index (χ1) is 17.0. The molecule has 2 aliphatic heterocycles. The van der Waals surface area contributed by atoms with Crippen LogP contribution >= 0.6 is 0 Å². The zero-order valence-corrected chi connectivity index (χ0v) is 18.8. The molecule has 3 heterocycles. The molecule has 0 saturated carbocycles. The molecule has 0 atom stereocenters. The summed E-state index contributed by atoms with van der Waals surface area (Å²) in [5.74, 6) is 0.198. The third-order valence-corrected chi connectivity index (χ3v) is 5.93. The zero-order chi connectivity index (χ0) is 24.4. The van der Waals surface area contributed by atoms with E-state index in [1.165, 1.54) is 6.07 Å². The smallest absolute Gasteiger partial charge is 0.438 e. The van der Waals surface area contributed by atoms with Crippen molar-refractivity contribution in [2.45, 2.75) is 0 Å². The van der Waals surface area contributed by atoms with Crippen molar-refractivity contribution >= 4 is 11.5 Å². The molecule has 5 rings (SSSR count). The number of benzene rings is 2. The van der Waals surface area contributed by atoms with Crippen molar-refractivity contribution < 1.29 is 24.0 Å². The molecule has 35 heavy (non-hydrogen) atoms. The minimum atomic E-state index is -0.687. The van der Waals surface area contributed by atoms with E-state index in [1.54, 1.807) is 30.3 Å². The zero-order valence-electron chi connectivity index (χ0n) is 18.8. The number of piperazine rings is 1. The number of hydrogen-bond acceptors (Lipinski definition) is 9. The predicted octanol–water partition coefficient (Wildman–Crippen LogP) is 1.45. The van der Waals surface area contributed by atoms with Gasteiger partial charge in [0.2, 0.25) is 0 Å². The van der Waals surface area contributed by atoms with Crippen LogP contribution in [0.15, 0.2) is 47.5 Å². The third kappa shape index (κ3) is 4.62. The summed E-state index contributed by atoms with van der Waals surface area (Å²) in [6, 6.07) is 11.5. The second kappa shape index (κ2) is 9.62. The second-order valence-corrected chi connectivity index (χ2v) is 8.07. The van der Waals surface area contributed by atoms with E-state index in [4.69, 9.17) is 9.47 Å². The summed E-state index contributed by atoms with van der Waals surface area (Å²) >= 11 is 0. The van der Waals surface area contributed by atoms with Gasteiger partial charge in [-0.15, -0.1) is 0 Å². The number of nitro groups is 1. The molecule has 0 radical (unpaired) electrons. The highest BCUT2D eigenvalue weighted by Gasteiger charge is 2.25. The number of fused-ring (bicyclic) bond motifs is 1. The van der Waals surface area contributed by atoms with Crippen LogP contribution in [0.4, 0.5) is 15.9 Å². The Morgan fingerprint density at radius 2 is 1.83 bits per heavy atom. The molecule has 1 aromatic heterocycles. The quantitative estimate of drug-likeness (QED) is 0.316. The van der Waals surface area contributed by atoms with E-state index < -0.39 is 10.7 Å². The number of para-hydroxylation sites is 1. The van der Waals surface area contributed by atoms with Gasteiger partial charge < -0.3 is 29.7 Å². The highest BCUT2D eigenvalue weighted by molar-refractivity contribution is 5.49. The van der Waals surface area contributed by atoms with Crippen molar-refractivity contribution in [3.63, 3.8) is 0 Å². The first-order valence-electron chi connectivity index (χ1n) is 11.2. The molecule has 1 fully saturated rings. The van der Waals surface area contributed by atoms with Crippen LogP contribution in [0.5, 0.6) is 11.5 Å². The lowest BCUT2D eigenvalue weighted by atomic mass is 10.2. The molecule has 2 aliphatic rings. The van der Waals surface area contributed by atoms with Crippen LogP contribution in [0.1, 0.15) is 0 Å². The van der Waals surface area contributed by atoms with Gasteiger partial charge in [0.1, 0.15) is 24.7 Å². The van der Waals surface area contributed by atoms with Gasteiger partial charge in [0.15, 0.2) is 11.5 Å². The minimum Gasteiger partial charge on any atom is -0.486 e. The second-order valence-electron chi connectivity index (χ2n) is 8.07. The fourth-order valence-electron chi connectivity index (χ4n) is 4.15. The average molecular weight is 485 g/mol. The third-order valence-electron chi connectivity index (χ3n) is 5.93. The van der Waals surface area contributed by atoms with Gasteiger partial charge in [-0.3, -0.25) is 9.89 Å². The van der Waals surface area contributed by atoms with Gasteiger partial charge in [-0.1, -0.05) is 17.0 Å². The maximum absolute atomic E-state index is 14.0. The fraction of sp³-hybridized carbons (Fsp3) is 0.364. The van der Waals surface area contributed by atoms with Crippen molar-refractivity contribution in [1.82, 2.24) is 19.6 Å². The molecule has 13 heteroatoms. The highest BCUT2D eigenvalue weighted by Crippen LogP contribution is 2.31. The predicted molar refractivity (Wildman–Crippen MR) is 122 cm³/mol. The Kier molecular flexibility index (Phi) is 6.23. The van der Waals surface area contributed by atoms with Crippen LogP contribution in [0, 0.1) is 15.9 Å². The number of halogens is 1. The summed E-state index contributed by atoms with van der Waals surface area (Å²) < 4.78 is 25.1. The molecule has 0 amide bonds. The van der Waals surface area contributed by atoms with Crippen LogP contribution in [0.2, 0.25) is 0 Å². The maximum atomic E-state index is 14.0. The molecular formula is C22H24FN7O5. The lowest BCUT2D eigenvalue weighted by molar-refractivity contribution is -0.391. The Morgan fingerprint density at radius 3 is 2.57 bits per heavy atom. The molecule has 0 spiro atoms. The van der Waals surface area contributed by atoms with E-state index in [0.29, 0.717) is 73.7 Å². The summed E-state index contributed by atoms with van der Waals surface area (Å²) in [6.07, 6.45) is 0. The van der Waals surface area contributed by atoms with E-state index >= 15 is 0 Å². The highest BCUT2D eigenvalue weighted by atomic mass is 19.1. The minimum absolute atomic E-state index is 0.216. The molecule has 0 bridgehead atoms. The maximum Gasteiger partial charge on any atom is 0.438 e. The summed E-state index contributed by atoms with van der Waals surface area (Å²) in [5.41, 5.74) is 0.681. The number of rotatable bonds is 6. The van der Waals surface area contributed by atoms with E-state index in [-0.39, 0.29) is 17.8 Å². The summed E-state index contributed by atoms with van der Waals surface area (Å²) in [7, 11) is 0. The standard InChI is InChI=1S/C22H24FN7O5/c23-17-3-1-2-4-18(17)27-11-9-26(10-12-27)8-7-24-21-22(30(32)33)25-28(29(21)31)16-5-6-19-20(15-16)35-14-13-34-19/h1-6,15,31H,7-14H2. The van der Waals surface area contributed by atoms with Crippen molar-refractivity contribution in [1.29, 1.82) is 0 Å². The average Bonchev–Trinajstić information content (AvgIpc) is 3.21. The van der Waals surface area contributed by atoms with Crippen molar-refractivity contribution in [3.8, 4) is 17.2 Å². The topological polar surface area (TPSA) is 123 Å². The fourth-order valence-corrected chi connectivity index (χ4v) is 4.15. The Morgan fingerprint density at radius 1 is 1.09 bits per heavy atom. The van der Waals surface area contributed by atoms with Gasteiger partial charge in [0.05, 0.1) is 17.3 Å². The number of anilines is 1. The summed E-state index contributed by atoms with van der Waals surface area (Å²) in [6.45, 7) is 4.26. The molecule has 0 aliphatic carbocycles. The van der Waals surface area contributed by atoms with Crippen LogP contribution in [-0.4, -0.2) is 82.3 Å². The lowest BCUT2D eigenvalue weighted by Crippen LogP contribution is -2.47.